The first-order chi connectivity index (χ1) is 6.83. The minimum Gasteiger partial charge on any atom is -0.316 e. The molecule has 0 aliphatic heterocycles. The molecule has 0 fully saturated rings. The Kier molecular flexibility index (Phi) is 5.23. The van der Waals surface area contributed by atoms with Gasteiger partial charge in [0.15, 0.2) is 0 Å². The summed E-state index contributed by atoms with van der Waals surface area (Å²) >= 11 is 0. The van der Waals surface area contributed by atoms with Crippen molar-refractivity contribution in [1.82, 2.24) is 10.3 Å². The van der Waals surface area contributed by atoms with Gasteiger partial charge in [-0.2, -0.15) is 0 Å². The van der Waals surface area contributed by atoms with Crippen LogP contribution in [0.25, 0.3) is 0 Å². The Morgan fingerprint density at radius 1 is 1.43 bits per heavy atom. The summed E-state index contributed by atoms with van der Waals surface area (Å²) in [7, 11) is 0. The highest BCUT2D eigenvalue weighted by molar-refractivity contribution is 5.03. The van der Waals surface area contributed by atoms with E-state index in [1.807, 2.05) is 18.3 Å². The van der Waals surface area contributed by atoms with E-state index in [9.17, 15) is 0 Å². The topological polar surface area (TPSA) is 24.9 Å². The van der Waals surface area contributed by atoms with Crippen LogP contribution < -0.4 is 5.32 Å². The SMILES string of the molecule is CC[C@@H](C)CNCCc1ccccn1. The van der Waals surface area contributed by atoms with Crippen LogP contribution in [0.1, 0.15) is 26.0 Å². The van der Waals surface area contributed by atoms with Crippen molar-refractivity contribution < 1.29 is 0 Å². The van der Waals surface area contributed by atoms with E-state index < -0.39 is 0 Å². The highest BCUT2D eigenvalue weighted by Gasteiger charge is 1.97. The molecule has 14 heavy (non-hydrogen) atoms. The maximum Gasteiger partial charge on any atom is 0.0416 e. The van der Waals surface area contributed by atoms with Crippen molar-refractivity contribution in [2.45, 2.75) is 26.7 Å². The van der Waals surface area contributed by atoms with Crippen LogP contribution in [0.15, 0.2) is 24.4 Å². The zero-order valence-corrected chi connectivity index (χ0v) is 9.16. The Hall–Kier alpha value is -0.890. The molecule has 1 aromatic rings. The molecule has 0 aliphatic carbocycles. The van der Waals surface area contributed by atoms with Crippen molar-refractivity contribution in [2.24, 2.45) is 5.92 Å². The summed E-state index contributed by atoms with van der Waals surface area (Å²) in [6, 6.07) is 6.07. The lowest BCUT2D eigenvalue weighted by Crippen LogP contribution is -2.23. The summed E-state index contributed by atoms with van der Waals surface area (Å²) in [4.78, 5) is 4.28. The average molecular weight is 192 g/mol. The van der Waals surface area contributed by atoms with Crippen LogP contribution in [0.5, 0.6) is 0 Å². The Morgan fingerprint density at radius 3 is 2.93 bits per heavy atom. The quantitative estimate of drug-likeness (QED) is 0.699. The maximum absolute atomic E-state index is 4.28. The number of pyridine rings is 1. The normalized spacial score (nSPS) is 12.7. The third kappa shape index (κ3) is 4.38. The summed E-state index contributed by atoms with van der Waals surface area (Å²) in [6.45, 7) is 6.64. The van der Waals surface area contributed by atoms with E-state index >= 15 is 0 Å². The van der Waals surface area contributed by atoms with Gasteiger partial charge in [0.1, 0.15) is 0 Å². The first-order valence-electron chi connectivity index (χ1n) is 5.43. The second-order valence-corrected chi connectivity index (χ2v) is 3.79. The van der Waals surface area contributed by atoms with Gasteiger partial charge in [-0.3, -0.25) is 4.98 Å². The van der Waals surface area contributed by atoms with E-state index in [1.54, 1.807) is 0 Å². The second-order valence-electron chi connectivity index (χ2n) is 3.79. The van der Waals surface area contributed by atoms with Gasteiger partial charge in [-0.05, 0) is 24.6 Å². The standard InChI is InChI=1S/C12H20N2/c1-3-11(2)10-13-9-7-12-6-4-5-8-14-12/h4-6,8,11,13H,3,7,9-10H2,1-2H3/t11-/m1/s1. The summed E-state index contributed by atoms with van der Waals surface area (Å²) in [6.07, 6.45) is 4.12. The van der Waals surface area contributed by atoms with Gasteiger partial charge >= 0.3 is 0 Å². The fourth-order valence-corrected chi connectivity index (χ4v) is 1.26. The van der Waals surface area contributed by atoms with Crippen molar-refractivity contribution in [2.75, 3.05) is 13.1 Å². The van der Waals surface area contributed by atoms with Gasteiger partial charge in [-0.25, -0.2) is 0 Å². The number of hydrogen-bond donors (Lipinski definition) is 1. The fourth-order valence-electron chi connectivity index (χ4n) is 1.26. The first kappa shape index (κ1) is 11.2. The zero-order valence-electron chi connectivity index (χ0n) is 9.16. The number of nitrogens with zero attached hydrogens (tertiary/aromatic N) is 1. The predicted molar refractivity (Wildman–Crippen MR) is 60.3 cm³/mol. The molecule has 0 aromatic carbocycles. The lowest BCUT2D eigenvalue weighted by atomic mass is 10.1. The third-order valence-electron chi connectivity index (χ3n) is 2.47. The molecule has 1 N–H and O–H groups in total. The molecule has 0 bridgehead atoms. The molecule has 0 radical (unpaired) electrons. The molecule has 0 saturated heterocycles. The van der Waals surface area contributed by atoms with E-state index in [0.29, 0.717) is 0 Å². The Bertz CT molecular complexity index is 233. The molecule has 1 rings (SSSR count). The highest BCUT2D eigenvalue weighted by atomic mass is 14.9. The van der Waals surface area contributed by atoms with Gasteiger partial charge in [-0.1, -0.05) is 26.3 Å². The second kappa shape index (κ2) is 6.55. The average Bonchev–Trinajstić information content (AvgIpc) is 2.25. The largest absolute Gasteiger partial charge is 0.316 e. The monoisotopic (exact) mass is 192 g/mol. The lowest BCUT2D eigenvalue weighted by molar-refractivity contribution is 0.501. The molecule has 1 aromatic heterocycles. The Morgan fingerprint density at radius 2 is 2.29 bits per heavy atom. The van der Waals surface area contributed by atoms with E-state index in [4.69, 9.17) is 0 Å². The zero-order chi connectivity index (χ0) is 10.2. The van der Waals surface area contributed by atoms with Crippen LogP contribution >= 0.6 is 0 Å². The summed E-state index contributed by atoms with van der Waals surface area (Å²) in [5.41, 5.74) is 1.17. The summed E-state index contributed by atoms with van der Waals surface area (Å²) in [5.74, 6) is 0.777. The molecule has 0 aliphatic rings. The third-order valence-corrected chi connectivity index (χ3v) is 2.47. The lowest BCUT2D eigenvalue weighted by Gasteiger charge is -2.09. The van der Waals surface area contributed by atoms with Gasteiger partial charge in [0.25, 0.3) is 0 Å². The summed E-state index contributed by atoms with van der Waals surface area (Å²) in [5, 5.41) is 3.44. The van der Waals surface area contributed by atoms with Crippen LogP contribution in [0, 0.1) is 5.92 Å². The van der Waals surface area contributed by atoms with E-state index in [2.05, 4.69) is 30.2 Å². The summed E-state index contributed by atoms with van der Waals surface area (Å²) < 4.78 is 0. The first-order valence-corrected chi connectivity index (χ1v) is 5.43. The van der Waals surface area contributed by atoms with Crippen molar-refractivity contribution in [3.8, 4) is 0 Å². The number of rotatable bonds is 6. The Labute approximate surface area is 86.8 Å². The molecule has 0 amide bonds. The van der Waals surface area contributed by atoms with Crippen molar-refractivity contribution in [1.29, 1.82) is 0 Å². The van der Waals surface area contributed by atoms with E-state index in [0.717, 1.165) is 25.4 Å². The van der Waals surface area contributed by atoms with Crippen molar-refractivity contribution in [3.05, 3.63) is 30.1 Å². The molecule has 1 heterocycles. The molecule has 2 heteroatoms. The smallest absolute Gasteiger partial charge is 0.0416 e. The fraction of sp³-hybridized carbons (Fsp3) is 0.583. The van der Waals surface area contributed by atoms with Crippen LogP contribution in [0.3, 0.4) is 0 Å². The molecule has 2 nitrogen and oxygen atoms in total. The molecule has 0 spiro atoms. The van der Waals surface area contributed by atoms with Crippen LogP contribution in [-0.2, 0) is 6.42 Å². The van der Waals surface area contributed by atoms with E-state index in [1.165, 1.54) is 12.1 Å². The molecular weight excluding hydrogens is 172 g/mol. The van der Waals surface area contributed by atoms with Gasteiger partial charge in [-0.15, -0.1) is 0 Å². The van der Waals surface area contributed by atoms with Gasteiger partial charge in [0.05, 0.1) is 0 Å². The maximum atomic E-state index is 4.28. The molecular formula is C12H20N2. The molecule has 78 valence electrons. The molecule has 1 atom stereocenters. The molecule has 0 saturated carbocycles. The number of aromatic nitrogens is 1. The van der Waals surface area contributed by atoms with Crippen LogP contribution in [0.4, 0.5) is 0 Å². The molecule has 0 unspecified atom stereocenters. The highest BCUT2D eigenvalue weighted by Crippen LogP contribution is 1.97. The Balaban J connectivity index is 2.10. The van der Waals surface area contributed by atoms with Gasteiger partial charge < -0.3 is 5.32 Å². The van der Waals surface area contributed by atoms with Crippen molar-refractivity contribution in [3.63, 3.8) is 0 Å². The minimum absolute atomic E-state index is 0.777. The van der Waals surface area contributed by atoms with E-state index in [-0.39, 0.29) is 0 Å². The van der Waals surface area contributed by atoms with Crippen LogP contribution in [-0.4, -0.2) is 18.1 Å². The minimum atomic E-state index is 0.777. The number of hydrogen-bond acceptors (Lipinski definition) is 2. The van der Waals surface area contributed by atoms with Gasteiger partial charge in [0, 0.05) is 24.9 Å². The van der Waals surface area contributed by atoms with Crippen molar-refractivity contribution >= 4 is 0 Å². The number of nitrogens with one attached hydrogen (secondary N) is 1. The van der Waals surface area contributed by atoms with Gasteiger partial charge in [0.2, 0.25) is 0 Å². The predicted octanol–water partition coefficient (Wildman–Crippen LogP) is 2.26. The van der Waals surface area contributed by atoms with Crippen LogP contribution in [0.2, 0.25) is 0 Å².